The predicted octanol–water partition coefficient (Wildman–Crippen LogP) is 0.347. The lowest BCUT2D eigenvalue weighted by atomic mass is 10.5. The lowest BCUT2D eigenvalue weighted by molar-refractivity contribution is 0.0650. The van der Waals surface area contributed by atoms with E-state index >= 15 is 0 Å². The van der Waals surface area contributed by atoms with Gasteiger partial charge in [0.2, 0.25) is 5.89 Å². The fourth-order valence-corrected chi connectivity index (χ4v) is 0.745. The fraction of sp³-hybridized carbons (Fsp3) is 0.571. The smallest absolute Gasteiger partial charge is 0.393 e. The average molecular weight is 186 g/mol. The molecule has 13 heavy (non-hydrogen) atoms. The molecule has 0 bridgehead atoms. The summed E-state index contributed by atoms with van der Waals surface area (Å²) in [7, 11) is 0. The topological polar surface area (TPSA) is 85.5 Å². The molecule has 0 radical (unpaired) electrons. The molecule has 0 aliphatic rings. The Hall–Kier alpha value is -1.43. The van der Waals surface area contributed by atoms with E-state index in [1.807, 2.05) is 6.92 Å². The minimum atomic E-state index is -1.21. The third-order valence-corrected chi connectivity index (χ3v) is 1.31. The molecule has 0 saturated heterocycles. The molecule has 0 spiro atoms. The first kappa shape index (κ1) is 9.66. The van der Waals surface area contributed by atoms with Gasteiger partial charge in [0.25, 0.3) is 0 Å². The number of aromatic nitrogens is 2. The van der Waals surface area contributed by atoms with Gasteiger partial charge in [-0.05, 0) is 6.92 Å². The van der Waals surface area contributed by atoms with E-state index in [1.54, 1.807) is 0 Å². The summed E-state index contributed by atoms with van der Waals surface area (Å²) in [5, 5.41) is 15.3. The highest BCUT2D eigenvalue weighted by Gasteiger charge is 2.12. The second kappa shape index (κ2) is 4.56. The van der Waals surface area contributed by atoms with Crippen molar-refractivity contribution in [2.75, 3.05) is 13.2 Å². The summed E-state index contributed by atoms with van der Waals surface area (Å²) >= 11 is 0. The third kappa shape index (κ3) is 2.83. The molecule has 0 fully saturated rings. The molecule has 1 heterocycles. The van der Waals surface area contributed by atoms with Gasteiger partial charge in [0.1, 0.15) is 0 Å². The van der Waals surface area contributed by atoms with Crippen molar-refractivity contribution in [1.82, 2.24) is 10.2 Å². The molecule has 1 N–H and O–H groups in total. The number of aromatic carboxylic acids is 1. The van der Waals surface area contributed by atoms with Crippen molar-refractivity contribution < 1.29 is 19.1 Å². The molecular formula is C7H10N2O4. The molecule has 0 saturated carbocycles. The van der Waals surface area contributed by atoms with Crippen LogP contribution in [0.3, 0.4) is 0 Å². The van der Waals surface area contributed by atoms with Crippen LogP contribution in [-0.4, -0.2) is 34.5 Å². The standard InChI is InChI=1S/C7H10N2O4/c1-2-12-4-3-5-8-9-6(13-5)7(10)11/h2-4H2,1H3,(H,10,11). The van der Waals surface area contributed by atoms with Crippen molar-refractivity contribution >= 4 is 5.97 Å². The monoisotopic (exact) mass is 186 g/mol. The van der Waals surface area contributed by atoms with Crippen LogP contribution in [0.5, 0.6) is 0 Å². The van der Waals surface area contributed by atoms with E-state index in [4.69, 9.17) is 14.3 Å². The first-order chi connectivity index (χ1) is 6.24. The van der Waals surface area contributed by atoms with E-state index in [9.17, 15) is 4.79 Å². The molecule has 0 aliphatic carbocycles. The van der Waals surface area contributed by atoms with E-state index in [-0.39, 0.29) is 11.8 Å². The minimum absolute atomic E-state index is 0.283. The van der Waals surface area contributed by atoms with E-state index in [1.165, 1.54) is 0 Å². The highest BCUT2D eigenvalue weighted by molar-refractivity contribution is 5.81. The number of ether oxygens (including phenoxy) is 1. The maximum Gasteiger partial charge on any atom is 0.393 e. The zero-order valence-corrected chi connectivity index (χ0v) is 7.19. The number of carboxylic acids is 1. The Bertz CT molecular complexity index is 284. The quantitative estimate of drug-likeness (QED) is 0.667. The Morgan fingerprint density at radius 2 is 2.38 bits per heavy atom. The van der Waals surface area contributed by atoms with Crippen LogP contribution in [0.4, 0.5) is 0 Å². The summed E-state index contributed by atoms with van der Waals surface area (Å²) in [5.41, 5.74) is 0. The molecule has 1 aromatic heterocycles. The second-order valence-corrected chi connectivity index (χ2v) is 2.25. The summed E-state index contributed by atoms with van der Waals surface area (Å²) in [5.74, 6) is -1.31. The van der Waals surface area contributed by atoms with Crippen LogP contribution in [0.25, 0.3) is 0 Å². The van der Waals surface area contributed by atoms with E-state index < -0.39 is 5.97 Å². The van der Waals surface area contributed by atoms with Gasteiger partial charge in [-0.3, -0.25) is 0 Å². The number of rotatable bonds is 5. The largest absolute Gasteiger partial charge is 0.474 e. The molecule has 0 aromatic carbocycles. The van der Waals surface area contributed by atoms with Crippen LogP contribution in [0.15, 0.2) is 4.42 Å². The lowest BCUT2D eigenvalue weighted by Gasteiger charge is -1.94. The van der Waals surface area contributed by atoms with Crippen molar-refractivity contribution in [3.05, 3.63) is 11.8 Å². The molecule has 72 valence electrons. The van der Waals surface area contributed by atoms with Crippen LogP contribution in [-0.2, 0) is 11.2 Å². The van der Waals surface area contributed by atoms with Crippen LogP contribution in [0, 0.1) is 0 Å². The number of nitrogens with zero attached hydrogens (tertiary/aromatic N) is 2. The summed E-state index contributed by atoms with van der Waals surface area (Å²) in [4.78, 5) is 10.3. The SMILES string of the molecule is CCOCCc1nnc(C(=O)O)o1. The maximum atomic E-state index is 10.3. The number of hydrogen-bond acceptors (Lipinski definition) is 5. The molecule has 0 unspecified atom stereocenters. The van der Waals surface area contributed by atoms with Gasteiger partial charge in [0, 0.05) is 13.0 Å². The van der Waals surface area contributed by atoms with E-state index in [0.29, 0.717) is 19.6 Å². The molecule has 6 nitrogen and oxygen atoms in total. The predicted molar refractivity (Wildman–Crippen MR) is 41.5 cm³/mol. The Balaban J connectivity index is 2.44. The molecule has 1 rings (SSSR count). The van der Waals surface area contributed by atoms with Gasteiger partial charge in [-0.2, -0.15) is 0 Å². The average Bonchev–Trinajstić information content (AvgIpc) is 2.53. The maximum absolute atomic E-state index is 10.3. The molecule has 0 amide bonds. The zero-order valence-electron chi connectivity index (χ0n) is 7.19. The van der Waals surface area contributed by atoms with Gasteiger partial charge >= 0.3 is 11.9 Å². The first-order valence-electron chi connectivity index (χ1n) is 3.87. The lowest BCUT2D eigenvalue weighted by Crippen LogP contribution is -1.97. The Morgan fingerprint density at radius 3 is 2.92 bits per heavy atom. The van der Waals surface area contributed by atoms with Crippen molar-refractivity contribution in [1.29, 1.82) is 0 Å². The van der Waals surface area contributed by atoms with Crippen molar-refractivity contribution in [2.24, 2.45) is 0 Å². The number of hydrogen-bond donors (Lipinski definition) is 1. The van der Waals surface area contributed by atoms with Crippen LogP contribution in [0.1, 0.15) is 23.5 Å². The zero-order chi connectivity index (χ0) is 9.68. The summed E-state index contributed by atoms with van der Waals surface area (Å²) in [6.45, 7) is 2.94. The number of carboxylic acid groups (broad SMARTS) is 1. The normalized spacial score (nSPS) is 10.2. The molecule has 0 atom stereocenters. The van der Waals surface area contributed by atoms with E-state index in [0.717, 1.165) is 0 Å². The summed E-state index contributed by atoms with van der Waals surface area (Å²) in [6.07, 6.45) is 0.439. The first-order valence-corrected chi connectivity index (χ1v) is 3.87. The molecule has 1 aromatic rings. The van der Waals surface area contributed by atoms with Crippen molar-refractivity contribution in [2.45, 2.75) is 13.3 Å². The van der Waals surface area contributed by atoms with Crippen LogP contribution >= 0.6 is 0 Å². The number of carbonyl (C=O) groups is 1. The Labute approximate surface area is 74.5 Å². The molecular weight excluding hydrogens is 176 g/mol. The highest BCUT2D eigenvalue weighted by atomic mass is 16.5. The fourth-order valence-electron chi connectivity index (χ4n) is 0.745. The van der Waals surface area contributed by atoms with Gasteiger partial charge in [-0.25, -0.2) is 4.79 Å². The summed E-state index contributed by atoms with van der Waals surface area (Å²) < 4.78 is 9.82. The van der Waals surface area contributed by atoms with Gasteiger partial charge in [0.15, 0.2) is 0 Å². The molecule has 0 aliphatic heterocycles. The van der Waals surface area contributed by atoms with E-state index in [2.05, 4.69) is 10.2 Å². The van der Waals surface area contributed by atoms with Gasteiger partial charge in [-0.15, -0.1) is 10.2 Å². The van der Waals surface area contributed by atoms with Gasteiger partial charge in [-0.1, -0.05) is 0 Å². The highest BCUT2D eigenvalue weighted by Crippen LogP contribution is 2.00. The summed E-state index contributed by atoms with van der Waals surface area (Å²) in [6, 6.07) is 0. The molecule has 6 heteroatoms. The van der Waals surface area contributed by atoms with Gasteiger partial charge in [0.05, 0.1) is 6.61 Å². The Morgan fingerprint density at radius 1 is 1.62 bits per heavy atom. The van der Waals surface area contributed by atoms with Gasteiger partial charge < -0.3 is 14.3 Å². The second-order valence-electron chi connectivity index (χ2n) is 2.25. The third-order valence-electron chi connectivity index (χ3n) is 1.31. The van der Waals surface area contributed by atoms with Crippen LogP contribution < -0.4 is 0 Å². The minimum Gasteiger partial charge on any atom is -0.474 e. The van der Waals surface area contributed by atoms with Crippen LogP contribution in [0.2, 0.25) is 0 Å². The van der Waals surface area contributed by atoms with Crippen molar-refractivity contribution in [3.63, 3.8) is 0 Å². The Kier molecular flexibility index (Phi) is 3.39. The van der Waals surface area contributed by atoms with Crippen molar-refractivity contribution in [3.8, 4) is 0 Å².